The standard InChI is InChI=1S/C13H15F5N2/c14-10-4-8(6-19)5-11(15)12(10)20-3-1-2-9(7-20)13(16,17)18/h4-5,9H,1-3,6-7,19H2. The predicted octanol–water partition coefficient (Wildman–Crippen LogP) is 3.20. The second kappa shape index (κ2) is 5.55. The number of hydrogen-bond acceptors (Lipinski definition) is 2. The van der Waals surface area contributed by atoms with Gasteiger partial charge >= 0.3 is 6.18 Å². The highest BCUT2D eigenvalue weighted by Gasteiger charge is 2.42. The smallest absolute Gasteiger partial charge is 0.366 e. The maximum atomic E-state index is 13.9. The molecule has 1 aromatic carbocycles. The summed E-state index contributed by atoms with van der Waals surface area (Å²) in [6.07, 6.45) is -4.10. The van der Waals surface area contributed by atoms with E-state index in [4.69, 9.17) is 5.73 Å². The van der Waals surface area contributed by atoms with Gasteiger partial charge in [-0.05, 0) is 30.5 Å². The summed E-state index contributed by atoms with van der Waals surface area (Å²) in [6, 6.07) is 2.13. The van der Waals surface area contributed by atoms with Gasteiger partial charge in [0, 0.05) is 19.6 Å². The summed E-state index contributed by atoms with van der Waals surface area (Å²) in [5, 5.41) is 0. The summed E-state index contributed by atoms with van der Waals surface area (Å²) < 4.78 is 65.9. The molecule has 1 aliphatic rings. The van der Waals surface area contributed by atoms with E-state index in [1.807, 2.05) is 0 Å². The van der Waals surface area contributed by atoms with Crippen molar-refractivity contribution in [2.75, 3.05) is 18.0 Å². The van der Waals surface area contributed by atoms with Crippen molar-refractivity contribution in [3.8, 4) is 0 Å². The van der Waals surface area contributed by atoms with Crippen LogP contribution in [0.15, 0.2) is 12.1 Å². The van der Waals surface area contributed by atoms with Gasteiger partial charge < -0.3 is 10.6 Å². The van der Waals surface area contributed by atoms with Crippen molar-refractivity contribution in [2.24, 2.45) is 11.7 Å². The van der Waals surface area contributed by atoms with Crippen LogP contribution in [0.4, 0.5) is 27.6 Å². The van der Waals surface area contributed by atoms with Crippen LogP contribution in [0, 0.1) is 17.6 Å². The highest BCUT2D eigenvalue weighted by Crippen LogP contribution is 2.36. The van der Waals surface area contributed by atoms with Gasteiger partial charge in [-0.25, -0.2) is 8.78 Å². The fraction of sp³-hybridized carbons (Fsp3) is 0.538. The Kier molecular flexibility index (Phi) is 4.17. The number of piperidine rings is 1. The predicted molar refractivity (Wildman–Crippen MR) is 65.2 cm³/mol. The van der Waals surface area contributed by atoms with Crippen LogP contribution in [0.5, 0.6) is 0 Å². The average molecular weight is 294 g/mol. The van der Waals surface area contributed by atoms with Crippen molar-refractivity contribution >= 4 is 5.69 Å². The van der Waals surface area contributed by atoms with Crippen molar-refractivity contribution in [3.05, 3.63) is 29.3 Å². The van der Waals surface area contributed by atoms with Crippen LogP contribution in [-0.2, 0) is 6.54 Å². The quantitative estimate of drug-likeness (QED) is 0.849. The summed E-state index contributed by atoms with van der Waals surface area (Å²) in [4.78, 5) is 1.13. The molecular formula is C13H15F5N2. The van der Waals surface area contributed by atoms with E-state index in [1.54, 1.807) is 0 Å². The highest BCUT2D eigenvalue weighted by atomic mass is 19.4. The van der Waals surface area contributed by atoms with E-state index >= 15 is 0 Å². The van der Waals surface area contributed by atoms with E-state index in [0.29, 0.717) is 0 Å². The summed E-state index contributed by atoms with van der Waals surface area (Å²) in [5.74, 6) is -3.29. The first-order valence-corrected chi connectivity index (χ1v) is 6.32. The first-order valence-electron chi connectivity index (χ1n) is 6.32. The normalized spacial score (nSPS) is 20.3. The second-order valence-electron chi connectivity index (χ2n) is 4.94. The molecule has 1 unspecified atom stereocenters. The van der Waals surface area contributed by atoms with E-state index in [0.717, 1.165) is 17.0 Å². The van der Waals surface area contributed by atoms with Gasteiger partial charge in [-0.3, -0.25) is 0 Å². The molecule has 0 aliphatic carbocycles. The number of hydrogen-bond donors (Lipinski definition) is 1. The number of nitrogens with two attached hydrogens (primary N) is 1. The maximum absolute atomic E-state index is 13.9. The number of rotatable bonds is 2. The minimum absolute atomic E-state index is 0.00980. The van der Waals surface area contributed by atoms with E-state index in [2.05, 4.69) is 0 Å². The van der Waals surface area contributed by atoms with Crippen molar-refractivity contribution < 1.29 is 22.0 Å². The Hall–Kier alpha value is -1.37. The Bertz CT molecular complexity index is 463. The van der Waals surface area contributed by atoms with E-state index < -0.39 is 36.0 Å². The van der Waals surface area contributed by atoms with Gasteiger partial charge in [0.15, 0.2) is 0 Å². The molecular weight excluding hydrogens is 279 g/mol. The fourth-order valence-corrected chi connectivity index (χ4v) is 2.49. The first-order chi connectivity index (χ1) is 9.32. The molecule has 2 N–H and O–H groups in total. The third-order valence-corrected chi connectivity index (χ3v) is 3.51. The SMILES string of the molecule is NCc1cc(F)c(N2CCCC(C(F)(F)F)C2)c(F)c1. The zero-order valence-electron chi connectivity index (χ0n) is 10.7. The molecule has 112 valence electrons. The average Bonchev–Trinajstić information content (AvgIpc) is 2.37. The largest absolute Gasteiger partial charge is 0.393 e. The van der Waals surface area contributed by atoms with E-state index in [1.165, 1.54) is 0 Å². The van der Waals surface area contributed by atoms with Crippen LogP contribution in [0.2, 0.25) is 0 Å². The Labute approximate surface area is 113 Å². The van der Waals surface area contributed by atoms with Crippen molar-refractivity contribution in [3.63, 3.8) is 0 Å². The van der Waals surface area contributed by atoms with Crippen molar-refractivity contribution in [1.29, 1.82) is 0 Å². The lowest BCUT2D eigenvalue weighted by Crippen LogP contribution is -2.42. The molecule has 2 nitrogen and oxygen atoms in total. The zero-order valence-corrected chi connectivity index (χ0v) is 10.7. The lowest BCUT2D eigenvalue weighted by atomic mass is 9.96. The summed E-state index contributed by atoms with van der Waals surface area (Å²) in [7, 11) is 0. The third kappa shape index (κ3) is 3.03. The number of alkyl halides is 3. The Balaban J connectivity index is 2.27. The summed E-state index contributed by atoms with van der Waals surface area (Å²) in [5.41, 5.74) is 5.18. The molecule has 0 amide bonds. The van der Waals surface area contributed by atoms with Gasteiger partial charge in [-0.15, -0.1) is 0 Å². The molecule has 1 saturated heterocycles. The van der Waals surface area contributed by atoms with Gasteiger partial charge in [-0.2, -0.15) is 13.2 Å². The fourth-order valence-electron chi connectivity index (χ4n) is 2.49. The Morgan fingerprint density at radius 1 is 1.20 bits per heavy atom. The van der Waals surface area contributed by atoms with Crippen LogP contribution in [0.25, 0.3) is 0 Å². The van der Waals surface area contributed by atoms with Crippen LogP contribution < -0.4 is 10.6 Å². The van der Waals surface area contributed by atoms with Gasteiger partial charge in [0.2, 0.25) is 0 Å². The Morgan fingerprint density at radius 2 is 1.80 bits per heavy atom. The summed E-state index contributed by atoms with van der Waals surface area (Å²) in [6.45, 7) is -0.235. The molecule has 1 aliphatic heterocycles. The lowest BCUT2D eigenvalue weighted by molar-refractivity contribution is -0.176. The minimum Gasteiger partial charge on any atom is -0.366 e. The van der Waals surface area contributed by atoms with Gasteiger partial charge in [0.1, 0.15) is 17.3 Å². The van der Waals surface area contributed by atoms with Gasteiger partial charge in [0.05, 0.1) is 5.92 Å². The molecule has 0 bridgehead atoms. The third-order valence-electron chi connectivity index (χ3n) is 3.51. The van der Waals surface area contributed by atoms with Crippen LogP contribution in [0.3, 0.4) is 0 Å². The molecule has 0 aromatic heterocycles. The second-order valence-corrected chi connectivity index (χ2v) is 4.94. The summed E-state index contributed by atoms with van der Waals surface area (Å²) >= 11 is 0. The lowest BCUT2D eigenvalue weighted by Gasteiger charge is -2.35. The van der Waals surface area contributed by atoms with Gasteiger partial charge in [0.25, 0.3) is 0 Å². The molecule has 1 aromatic rings. The molecule has 0 saturated carbocycles. The van der Waals surface area contributed by atoms with Crippen molar-refractivity contribution in [2.45, 2.75) is 25.6 Å². The van der Waals surface area contributed by atoms with Crippen LogP contribution in [-0.4, -0.2) is 19.3 Å². The van der Waals surface area contributed by atoms with Crippen molar-refractivity contribution in [1.82, 2.24) is 0 Å². The number of anilines is 1. The molecule has 20 heavy (non-hydrogen) atoms. The first kappa shape index (κ1) is 15.0. The number of nitrogens with zero attached hydrogens (tertiary/aromatic N) is 1. The highest BCUT2D eigenvalue weighted by molar-refractivity contribution is 5.51. The molecule has 1 atom stereocenters. The molecule has 7 heteroatoms. The van der Waals surface area contributed by atoms with Crippen LogP contribution in [0.1, 0.15) is 18.4 Å². The molecule has 0 radical (unpaired) electrons. The maximum Gasteiger partial charge on any atom is 0.393 e. The topological polar surface area (TPSA) is 29.3 Å². The van der Waals surface area contributed by atoms with Gasteiger partial charge in [-0.1, -0.05) is 0 Å². The number of benzene rings is 1. The number of halogens is 5. The van der Waals surface area contributed by atoms with E-state index in [9.17, 15) is 22.0 Å². The molecule has 1 fully saturated rings. The monoisotopic (exact) mass is 294 g/mol. The van der Waals surface area contributed by atoms with Crippen LogP contribution >= 0.6 is 0 Å². The Morgan fingerprint density at radius 3 is 2.30 bits per heavy atom. The molecule has 2 rings (SSSR count). The molecule has 1 heterocycles. The molecule has 0 spiro atoms. The zero-order chi connectivity index (χ0) is 14.9. The minimum atomic E-state index is -4.34. The van der Waals surface area contributed by atoms with E-state index in [-0.39, 0.29) is 31.5 Å².